The fourth-order valence-corrected chi connectivity index (χ4v) is 3.05. The van der Waals surface area contributed by atoms with Gasteiger partial charge in [0.2, 0.25) is 0 Å². The second-order valence-electron chi connectivity index (χ2n) is 4.71. The van der Waals surface area contributed by atoms with Crippen LogP contribution in [-0.2, 0) is 5.75 Å². The average Bonchev–Trinajstić information content (AvgIpc) is 2.38. The van der Waals surface area contributed by atoms with E-state index in [1.807, 2.05) is 32.0 Å². The molecule has 0 aliphatic rings. The van der Waals surface area contributed by atoms with Crippen molar-refractivity contribution in [1.82, 2.24) is 4.98 Å². The molecule has 0 spiro atoms. The minimum absolute atomic E-state index is 0.656. The summed E-state index contributed by atoms with van der Waals surface area (Å²) in [5.74, 6) is 1.70. The lowest BCUT2D eigenvalue weighted by Gasteiger charge is -2.11. The summed E-state index contributed by atoms with van der Waals surface area (Å²) in [6.45, 7) is 6.75. The van der Waals surface area contributed by atoms with Crippen LogP contribution in [0.2, 0.25) is 0 Å². The van der Waals surface area contributed by atoms with Gasteiger partial charge in [-0.1, -0.05) is 0 Å². The highest BCUT2D eigenvalue weighted by molar-refractivity contribution is 7.98. The molecule has 0 fully saturated rings. The van der Waals surface area contributed by atoms with Gasteiger partial charge >= 0.3 is 0 Å². The summed E-state index contributed by atoms with van der Waals surface area (Å²) in [7, 11) is 0. The number of hydrogen-bond acceptors (Lipinski definition) is 4. The lowest BCUT2D eigenvalue weighted by atomic mass is 10.2. The van der Waals surface area contributed by atoms with Crippen LogP contribution in [-0.4, -0.2) is 11.6 Å². The van der Waals surface area contributed by atoms with Crippen molar-refractivity contribution in [2.45, 2.75) is 31.6 Å². The van der Waals surface area contributed by atoms with E-state index in [0.29, 0.717) is 6.61 Å². The molecule has 1 aromatic heterocycles. The Morgan fingerprint density at radius 1 is 1.20 bits per heavy atom. The highest BCUT2D eigenvalue weighted by Gasteiger charge is 2.06. The van der Waals surface area contributed by atoms with Crippen molar-refractivity contribution in [3.63, 3.8) is 0 Å². The number of rotatable bonds is 5. The first-order valence-electron chi connectivity index (χ1n) is 6.67. The van der Waals surface area contributed by atoms with E-state index in [-0.39, 0.29) is 0 Å². The lowest BCUT2D eigenvalue weighted by Crippen LogP contribution is -1.97. The first-order chi connectivity index (χ1) is 9.58. The van der Waals surface area contributed by atoms with Gasteiger partial charge in [0, 0.05) is 22.7 Å². The molecule has 20 heavy (non-hydrogen) atoms. The Bertz CT molecular complexity index is 579. The molecule has 2 N–H and O–H groups in total. The van der Waals surface area contributed by atoms with E-state index < -0.39 is 0 Å². The smallest absolute Gasteiger partial charge is 0.123 e. The number of nitrogen functional groups attached to an aromatic ring is 1. The first-order valence-corrected chi connectivity index (χ1v) is 7.66. The Kier molecular flexibility index (Phi) is 4.90. The molecule has 0 atom stereocenters. The van der Waals surface area contributed by atoms with Crippen molar-refractivity contribution in [3.8, 4) is 5.75 Å². The van der Waals surface area contributed by atoms with Crippen LogP contribution in [0.3, 0.4) is 0 Å². The second kappa shape index (κ2) is 6.66. The molecule has 0 aliphatic carbocycles. The second-order valence-corrected chi connectivity index (χ2v) is 5.71. The van der Waals surface area contributed by atoms with Crippen LogP contribution in [0.25, 0.3) is 0 Å². The molecule has 4 heteroatoms. The summed E-state index contributed by atoms with van der Waals surface area (Å²) in [5, 5.41) is 1.03. The van der Waals surface area contributed by atoms with Crippen molar-refractivity contribution >= 4 is 17.4 Å². The van der Waals surface area contributed by atoms with Crippen LogP contribution in [0.15, 0.2) is 35.4 Å². The van der Waals surface area contributed by atoms with Crippen molar-refractivity contribution in [1.29, 1.82) is 0 Å². The van der Waals surface area contributed by atoms with E-state index in [9.17, 15) is 0 Å². The molecule has 1 aromatic carbocycles. The minimum Gasteiger partial charge on any atom is -0.494 e. The number of benzene rings is 1. The van der Waals surface area contributed by atoms with Gasteiger partial charge in [-0.05, 0) is 56.7 Å². The molecule has 1 heterocycles. The molecule has 0 saturated carbocycles. The van der Waals surface area contributed by atoms with Crippen molar-refractivity contribution in [2.75, 3.05) is 12.3 Å². The summed E-state index contributed by atoms with van der Waals surface area (Å²) in [6.07, 6.45) is 0. The normalized spacial score (nSPS) is 10.6. The number of aryl methyl sites for hydroxylation is 2. The molecule has 3 nitrogen and oxygen atoms in total. The van der Waals surface area contributed by atoms with Crippen LogP contribution in [0.4, 0.5) is 5.69 Å². The Morgan fingerprint density at radius 3 is 2.70 bits per heavy atom. The Hall–Kier alpha value is -1.68. The Labute approximate surface area is 124 Å². The molecule has 0 bridgehead atoms. The number of hydrogen-bond donors (Lipinski definition) is 1. The maximum atomic E-state index is 5.86. The van der Waals surface area contributed by atoms with E-state index >= 15 is 0 Å². The largest absolute Gasteiger partial charge is 0.494 e. The first kappa shape index (κ1) is 14.7. The number of ether oxygens (including phenoxy) is 1. The van der Waals surface area contributed by atoms with Crippen LogP contribution in [0, 0.1) is 13.8 Å². The van der Waals surface area contributed by atoms with E-state index in [1.54, 1.807) is 11.8 Å². The summed E-state index contributed by atoms with van der Waals surface area (Å²) in [6, 6.07) is 9.96. The number of pyridine rings is 1. The molecule has 106 valence electrons. The third-order valence-corrected chi connectivity index (χ3v) is 3.79. The predicted octanol–water partition coefficient (Wildman–Crippen LogP) is 3.97. The molecule has 0 unspecified atom stereocenters. The predicted molar refractivity (Wildman–Crippen MR) is 85.3 cm³/mol. The molecule has 0 saturated heterocycles. The van der Waals surface area contributed by atoms with Gasteiger partial charge in [-0.25, -0.2) is 4.98 Å². The van der Waals surface area contributed by atoms with Gasteiger partial charge in [0.1, 0.15) is 5.75 Å². The van der Waals surface area contributed by atoms with Crippen LogP contribution in [0.5, 0.6) is 5.75 Å². The highest BCUT2D eigenvalue weighted by atomic mass is 32.2. The molecular formula is C16H20N2OS. The summed E-state index contributed by atoms with van der Waals surface area (Å²) in [5.41, 5.74) is 10.0. The number of nitrogens with two attached hydrogens (primary N) is 1. The third kappa shape index (κ3) is 3.90. The summed E-state index contributed by atoms with van der Waals surface area (Å²) in [4.78, 5) is 4.54. The van der Waals surface area contributed by atoms with E-state index in [4.69, 9.17) is 10.5 Å². The lowest BCUT2D eigenvalue weighted by molar-refractivity contribution is 0.337. The van der Waals surface area contributed by atoms with Gasteiger partial charge in [-0.15, -0.1) is 11.8 Å². The monoisotopic (exact) mass is 288 g/mol. The van der Waals surface area contributed by atoms with Gasteiger partial charge in [-0.2, -0.15) is 0 Å². The zero-order valence-electron chi connectivity index (χ0n) is 12.1. The van der Waals surface area contributed by atoms with Crippen molar-refractivity contribution in [3.05, 3.63) is 47.2 Å². The van der Waals surface area contributed by atoms with Crippen LogP contribution in [0.1, 0.15) is 23.7 Å². The highest BCUT2D eigenvalue weighted by Crippen LogP contribution is 2.29. The number of anilines is 1. The molecule has 0 radical (unpaired) electrons. The molecule has 0 aliphatic heterocycles. The quantitative estimate of drug-likeness (QED) is 0.668. The van der Waals surface area contributed by atoms with Gasteiger partial charge in [0.05, 0.1) is 11.6 Å². The zero-order chi connectivity index (χ0) is 14.5. The summed E-state index contributed by atoms with van der Waals surface area (Å²) >= 11 is 1.70. The Morgan fingerprint density at radius 2 is 2.00 bits per heavy atom. The maximum Gasteiger partial charge on any atom is 0.123 e. The minimum atomic E-state index is 0.656. The molecule has 2 rings (SSSR count). The van der Waals surface area contributed by atoms with Crippen LogP contribution < -0.4 is 10.5 Å². The Balaban J connectivity index is 2.15. The standard InChI is InChI=1S/C16H20N2OS/c1-4-19-15-6-5-14(17)9-13(15)10-20-16-8-11(2)7-12(3)18-16/h5-9H,4,10,17H2,1-3H3. The summed E-state index contributed by atoms with van der Waals surface area (Å²) < 4.78 is 5.64. The maximum absolute atomic E-state index is 5.86. The van der Waals surface area contributed by atoms with Crippen molar-refractivity contribution in [2.24, 2.45) is 0 Å². The van der Waals surface area contributed by atoms with E-state index in [0.717, 1.165) is 33.5 Å². The molecule has 2 aromatic rings. The number of thioether (sulfide) groups is 1. The fourth-order valence-electron chi connectivity index (χ4n) is 2.04. The van der Waals surface area contributed by atoms with E-state index in [1.165, 1.54) is 5.56 Å². The topological polar surface area (TPSA) is 48.1 Å². The SMILES string of the molecule is CCOc1ccc(N)cc1CSc1cc(C)cc(C)n1. The van der Waals surface area contributed by atoms with Crippen LogP contribution >= 0.6 is 11.8 Å². The van der Waals surface area contributed by atoms with Gasteiger partial charge in [-0.3, -0.25) is 0 Å². The van der Waals surface area contributed by atoms with Gasteiger partial charge in [0.15, 0.2) is 0 Å². The molecule has 0 amide bonds. The number of aromatic nitrogens is 1. The number of nitrogens with zero attached hydrogens (tertiary/aromatic N) is 1. The van der Waals surface area contributed by atoms with Gasteiger partial charge < -0.3 is 10.5 Å². The fraction of sp³-hybridized carbons (Fsp3) is 0.312. The average molecular weight is 288 g/mol. The van der Waals surface area contributed by atoms with E-state index in [2.05, 4.69) is 24.0 Å². The third-order valence-electron chi connectivity index (χ3n) is 2.83. The van der Waals surface area contributed by atoms with Crippen molar-refractivity contribution < 1.29 is 4.74 Å². The van der Waals surface area contributed by atoms with Gasteiger partial charge in [0.25, 0.3) is 0 Å². The zero-order valence-corrected chi connectivity index (χ0v) is 13.0. The molecular weight excluding hydrogens is 268 g/mol.